The van der Waals surface area contributed by atoms with Crippen molar-refractivity contribution in [1.29, 1.82) is 0 Å². The van der Waals surface area contributed by atoms with E-state index in [1.54, 1.807) is 17.0 Å². The Labute approximate surface area is 241 Å². The van der Waals surface area contributed by atoms with Crippen LogP contribution in [0.1, 0.15) is 28.6 Å². The van der Waals surface area contributed by atoms with E-state index in [1.807, 2.05) is 7.05 Å². The Morgan fingerprint density at radius 2 is 1.90 bits per heavy atom. The topological polar surface area (TPSA) is 142 Å². The van der Waals surface area contributed by atoms with Gasteiger partial charge in [-0.3, -0.25) is 14.5 Å². The number of amides is 2. The molecule has 0 radical (unpaired) electrons. The van der Waals surface area contributed by atoms with Gasteiger partial charge in [-0.15, -0.1) is 0 Å². The van der Waals surface area contributed by atoms with Gasteiger partial charge in [0.15, 0.2) is 5.03 Å². The van der Waals surface area contributed by atoms with Crippen LogP contribution in [0.3, 0.4) is 0 Å². The van der Waals surface area contributed by atoms with Gasteiger partial charge in [0.05, 0.1) is 37.0 Å². The Morgan fingerprint density at radius 3 is 2.68 bits per heavy atom. The maximum Gasteiger partial charge on any atom is 0.310 e. The highest BCUT2D eigenvalue weighted by Gasteiger charge is 2.41. The fraction of sp³-hybridized carbons (Fsp3) is 0.500. The van der Waals surface area contributed by atoms with E-state index in [2.05, 4.69) is 9.88 Å². The van der Waals surface area contributed by atoms with Gasteiger partial charge >= 0.3 is 5.91 Å². The molecule has 2 amide bonds. The third-order valence-electron chi connectivity index (χ3n) is 7.90. The van der Waals surface area contributed by atoms with Gasteiger partial charge in [-0.25, -0.2) is 13.4 Å². The summed E-state index contributed by atoms with van der Waals surface area (Å²) in [4.78, 5) is 36.6. The highest BCUT2D eigenvalue weighted by Crippen LogP contribution is 2.29. The zero-order valence-electron chi connectivity index (χ0n) is 22.5. The minimum Gasteiger partial charge on any atom is -0.436 e. The molecule has 0 spiro atoms. The molecule has 2 aromatic heterocycles. The van der Waals surface area contributed by atoms with Gasteiger partial charge in [-0.1, -0.05) is 11.6 Å². The summed E-state index contributed by atoms with van der Waals surface area (Å²) >= 11 is 6.06. The SMILES string of the molecule is CN1CCc2nc(C(=O)N3CCN(S(=O)(=O)c4cc5cc(Cl)ccc5n4O)CC3CC(=O)N3CCOCC3)oc2C1. The Kier molecular flexibility index (Phi) is 7.44. The highest BCUT2D eigenvalue weighted by molar-refractivity contribution is 7.89. The number of nitrogens with zero attached hydrogens (tertiary/aromatic N) is 6. The predicted molar refractivity (Wildman–Crippen MR) is 146 cm³/mol. The fourth-order valence-corrected chi connectivity index (χ4v) is 7.36. The van der Waals surface area contributed by atoms with Crippen molar-refractivity contribution >= 4 is 44.3 Å². The molecule has 0 bridgehead atoms. The summed E-state index contributed by atoms with van der Waals surface area (Å²) in [6.07, 6.45) is 0.576. The van der Waals surface area contributed by atoms with E-state index in [1.165, 1.54) is 21.3 Å². The molecule has 3 aliphatic heterocycles. The summed E-state index contributed by atoms with van der Waals surface area (Å²) in [6.45, 7) is 2.86. The molecular formula is C26H31ClN6O7S. The number of benzene rings is 1. The van der Waals surface area contributed by atoms with Crippen LogP contribution in [0, 0.1) is 0 Å². The van der Waals surface area contributed by atoms with Crippen molar-refractivity contribution in [2.75, 3.05) is 59.5 Å². The Balaban J connectivity index is 1.28. The van der Waals surface area contributed by atoms with Gasteiger partial charge in [0.1, 0.15) is 5.76 Å². The molecule has 41 heavy (non-hydrogen) atoms. The molecule has 220 valence electrons. The van der Waals surface area contributed by atoms with Crippen molar-refractivity contribution in [3.8, 4) is 0 Å². The Bertz CT molecular complexity index is 1600. The number of carbonyl (C=O) groups is 2. The van der Waals surface area contributed by atoms with E-state index in [0.717, 1.165) is 12.2 Å². The van der Waals surface area contributed by atoms with Crippen LogP contribution in [0.25, 0.3) is 10.9 Å². The summed E-state index contributed by atoms with van der Waals surface area (Å²) < 4.78 is 40.6. The number of piperazine rings is 1. The van der Waals surface area contributed by atoms with E-state index in [0.29, 0.717) is 65.7 Å². The first-order chi connectivity index (χ1) is 19.6. The van der Waals surface area contributed by atoms with Crippen LogP contribution < -0.4 is 0 Å². The first-order valence-electron chi connectivity index (χ1n) is 13.5. The number of carbonyl (C=O) groups excluding carboxylic acids is 2. The lowest BCUT2D eigenvalue weighted by atomic mass is 10.1. The number of hydrogen-bond donors (Lipinski definition) is 1. The van der Waals surface area contributed by atoms with Gasteiger partial charge in [0.2, 0.25) is 5.91 Å². The van der Waals surface area contributed by atoms with Crippen molar-refractivity contribution in [3.05, 3.63) is 46.6 Å². The number of ether oxygens (including phenoxy) is 1. The number of halogens is 1. The quantitative estimate of drug-likeness (QED) is 0.425. The molecule has 2 saturated heterocycles. The van der Waals surface area contributed by atoms with Gasteiger partial charge in [0.25, 0.3) is 15.9 Å². The van der Waals surface area contributed by atoms with E-state index < -0.39 is 22.0 Å². The molecule has 13 nitrogen and oxygen atoms in total. The molecule has 3 aromatic rings. The largest absolute Gasteiger partial charge is 0.436 e. The molecule has 5 heterocycles. The standard InChI is InChI=1S/C26H31ClN6O7S/c1-29-5-4-20-22(16-29)40-25(28-20)26(35)32-7-6-31(15-19(32)14-23(34)30-8-10-39-11-9-30)41(37,38)24-13-17-12-18(27)2-3-21(17)33(24)36/h2-3,12-13,19,36H,4-11,14-16H2,1H3. The summed E-state index contributed by atoms with van der Waals surface area (Å²) in [5.74, 6) is -0.0997. The molecule has 1 N–H and O–H groups in total. The van der Waals surface area contributed by atoms with Gasteiger partial charge < -0.3 is 24.2 Å². The fourth-order valence-electron chi connectivity index (χ4n) is 5.63. The van der Waals surface area contributed by atoms with Crippen LogP contribution in [0.4, 0.5) is 0 Å². The first kappa shape index (κ1) is 28.0. The van der Waals surface area contributed by atoms with Crippen molar-refractivity contribution in [3.63, 3.8) is 0 Å². The van der Waals surface area contributed by atoms with Crippen LogP contribution in [-0.4, -0.2) is 120 Å². The van der Waals surface area contributed by atoms with Crippen molar-refractivity contribution in [1.82, 2.24) is 28.7 Å². The van der Waals surface area contributed by atoms with E-state index in [-0.39, 0.29) is 42.9 Å². The summed E-state index contributed by atoms with van der Waals surface area (Å²) in [5, 5.41) is 11.3. The van der Waals surface area contributed by atoms with E-state index in [4.69, 9.17) is 20.8 Å². The van der Waals surface area contributed by atoms with Crippen LogP contribution in [-0.2, 0) is 32.5 Å². The average Bonchev–Trinajstić information content (AvgIpc) is 3.53. The third-order valence-corrected chi connectivity index (χ3v) is 9.96. The lowest BCUT2D eigenvalue weighted by molar-refractivity contribution is -0.136. The lowest BCUT2D eigenvalue weighted by Crippen LogP contribution is -2.58. The molecule has 1 atom stereocenters. The minimum absolute atomic E-state index is 0.0174. The average molecular weight is 607 g/mol. The number of fused-ring (bicyclic) bond motifs is 2. The number of morpholine rings is 1. The minimum atomic E-state index is -4.21. The second-order valence-electron chi connectivity index (χ2n) is 10.6. The first-order valence-corrected chi connectivity index (χ1v) is 15.3. The van der Waals surface area contributed by atoms with Gasteiger partial charge in [-0.05, 0) is 31.3 Å². The summed E-state index contributed by atoms with van der Waals surface area (Å²) in [6, 6.07) is 5.24. The number of likely N-dealkylation sites (N-methyl/N-ethyl adjacent to an activating group) is 1. The maximum absolute atomic E-state index is 13.8. The monoisotopic (exact) mass is 606 g/mol. The molecule has 6 rings (SSSR count). The molecule has 0 saturated carbocycles. The molecule has 15 heteroatoms. The van der Waals surface area contributed by atoms with E-state index in [9.17, 15) is 23.2 Å². The highest BCUT2D eigenvalue weighted by atomic mass is 35.5. The normalized spacial score (nSPS) is 20.9. The van der Waals surface area contributed by atoms with Crippen molar-refractivity contribution < 1.29 is 32.4 Å². The zero-order chi connectivity index (χ0) is 28.9. The molecule has 0 aliphatic carbocycles. The second kappa shape index (κ2) is 10.9. The zero-order valence-corrected chi connectivity index (χ0v) is 24.1. The van der Waals surface area contributed by atoms with Crippen LogP contribution in [0.5, 0.6) is 0 Å². The Morgan fingerprint density at radius 1 is 1.12 bits per heavy atom. The number of oxazole rings is 1. The number of aromatic nitrogens is 2. The summed E-state index contributed by atoms with van der Waals surface area (Å²) in [7, 11) is -2.25. The molecule has 1 unspecified atom stereocenters. The third kappa shape index (κ3) is 5.30. The maximum atomic E-state index is 13.8. The molecule has 3 aliphatic rings. The molecule has 1 aromatic carbocycles. The summed E-state index contributed by atoms with van der Waals surface area (Å²) in [5.41, 5.74) is 1.03. The Hall–Kier alpha value is -3.17. The van der Waals surface area contributed by atoms with Crippen LogP contribution in [0.15, 0.2) is 33.7 Å². The molecule has 2 fully saturated rings. The number of hydrogen-bond acceptors (Lipinski definition) is 9. The van der Waals surface area contributed by atoms with Crippen molar-refractivity contribution in [2.45, 2.75) is 30.5 Å². The lowest BCUT2D eigenvalue weighted by Gasteiger charge is -2.40. The van der Waals surface area contributed by atoms with Crippen LogP contribution in [0.2, 0.25) is 5.02 Å². The van der Waals surface area contributed by atoms with Crippen molar-refractivity contribution in [2.24, 2.45) is 0 Å². The molecular weight excluding hydrogens is 576 g/mol. The van der Waals surface area contributed by atoms with Gasteiger partial charge in [0, 0.05) is 62.5 Å². The number of rotatable bonds is 5. The smallest absolute Gasteiger partial charge is 0.310 e. The van der Waals surface area contributed by atoms with E-state index >= 15 is 0 Å². The van der Waals surface area contributed by atoms with Crippen LogP contribution >= 0.6 is 11.6 Å². The van der Waals surface area contributed by atoms with Gasteiger partial charge in [-0.2, -0.15) is 9.04 Å². The number of sulfonamides is 1. The predicted octanol–water partition coefficient (Wildman–Crippen LogP) is 1.27. The second-order valence-corrected chi connectivity index (χ2v) is 12.9.